The lowest BCUT2D eigenvalue weighted by atomic mass is 10.1. The topological polar surface area (TPSA) is 93.7 Å². The van der Waals surface area contributed by atoms with Crippen LogP contribution in [-0.2, 0) is 13.1 Å². The van der Waals surface area contributed by atoms with E-state index in [0.717, 1.165) is 11.3 Å². The average molecular weight is 369 g/mol. The van der Waals surface area contributed by atoms with Crippen LogP contribution in [0.15, 0.2) is 30.5 Å². The maximum absolute atomic E-state index is 10.8. The number of hydrogen-bond donors (Lipinski definition) is 1. The van der Waals surface area contributed by atoms with Gasteiger partial charge in [-0.3, -0.25) is 9.47 Å². The number of methoxy groups -OCH3 is 1. The molecule has 1 N–H and O–H groups in total. The Morgan fingerprint density at radius 3 is 2.60 bits per heavy atom. The maximum Gasteiger partial charge on any atom is 0.383 e. The Morgan fingerprint density at radius 1 is 1.44 bits per heavy atom. The van der Waals surface area contributed by atoms with E-state index in [2.05, 4.69) is 4.98 Å². The number of ether oxygens (including phenoxy) is 1. The van der Waals surface area contributed by atoms with Crippen LogP contribution in [0.1, 0.15) is 12.5 Å². The molecule has 0 saturated heterocycles. The molecule has 25 heavy (non-hydrogen) atoms. The van der Waals surface area contributed by atoms with Crippen LogP contribution in [0.3, 0.4) is 0 Å². The van der Waals surface area contributed by atoms with E-state index in [9.17, 15) is 15.2 Å². The van der Waals surface area contributed by atoms with Gasteiger partial charge >= 0.3 is 11.1 Å². The molecule has 0 amide bonds. The molecule has 2 aromatic rings. The van der Waals surface area contributed by atoms with Gasteiger partial charge in [-0.1, -0.05) is 12.1 Å². The summed E-state index contributed by atoms with van der Waals surface area (Å²) in [6.07, 6.45) is 1.22. The van der Waals surface area contributed by atoms with E-state index < -0.39 is 10.5 Å². The molecule has 0 aliphatic carbocycles. The highest BCUT2D eigenvalue weighted by molar-refractivity contribution is 6.28. The van der Waals surface area contributed by atoms with Crippen molar-refractivity contribution in [1.82, 2.24) is 14.5 Å². The molecule has 0 bridgehead atoms. The summed E-state index contributed by atoms with van der Waals surface area (Å²) in [6, 6.07) is 7.68. The minimum absolute atomic E-state index is 0.0233. The van der Waals surface area contributed by atoms with Crippen molar-refractivity contribution in [2.75, 3.05) is 20.7 Å². The van der Waals surface area contributed by atoms with Crippen molar-refractivity contribution in [3.8, 4) is 5.75 Å². The monoisotopic (exact) mass is 368 g/mol. The third kappa shape index (κ3) is 5.42. The van der Waals surface area contributed by atoms with Crippen molar-refractivity contribution >= 4 is 17.4 Å². The highest BCUT2D eigenvalue weighted by Crippen LogP contribution is 2.20. The van der Waals surface area contributed by atoms with Crippen LogP contribution in [0.2, 0.25) is 5.28 Å². The van der Waals surface area contributed by atoms with Crippen LogP contribution in [0.25, 0.3) is 0 Å². The van der Waals surface area contributed by atoms with Gasteiger partial charge in [-0.25, -0.2) is 0 Å². The summed E-state index contributed by atoms with van der Waals surface area (Å²) in [7, 11) is 3.50. The van der Waals surface area contributed by atoms with Crippen molar-refractivity contribution in [3.05, 3.63) is 51.4 Å². The van der Waals surface area contributed by atoms with Gasteiger partial charge in [-0.15, -0.1) is 0 Å². The summed E-state index contributed by atoms with van der Waals surface area (Å²) >= 11 is 5.90. The van der Waals surface area contributed by atoms with Crippen LogP contribution in [0.5, 0.6) is 5.75 Å². The van der Waals surface area contributed by atoms with Crippen LogP contribution in [0, 0.1) is 10.1 Å². The van der Waals surface area contributed by atoms with Gasteiger partial charge in [0.2, 0.25) is 0 Å². The van der Waals surface area contributed by atoms with Crippen molar-refractivity contribution in [2.24, 2.45) is 0 Å². The summed E-state index contributed by atoms with van der Waals surface area (Å²) in [5, 5.41) is 21.4. The zero-order chi connectivity index (χ0) is 18.6. The Balaban J connectivity index is 1.98. The first-order valence-corrected chi connectivity index (χ1v) is 7.99. The van der Waals surface area contributed by atoms with Crippen molar-refractivity contribution in [3.63, 3.8) is 0 Å². The van der Waals surface area contributed by atoms with Gasteiger partial charge in [0.1, 0.15) is 11.9 Å². The smallest absolute Gasteiger partial charge is 0.383 e. The maximum atomic E-state index is 10.8. The van der Waals surface area contributed by atoms with Gasteiger partial charge in [-0.2, -0.15) is 0 Å². The quantitative estimate of drug-likeness (QED) is 0.567. The molecule has 1 heterocycles. The highest BCUT2D eigenvalue weighted by atomic mass is 35.5. The highest BCUT2D eigenvalue weighted by Gasteiger charge is 2.27. The van der Waals surface area contributed by atoms with Crippen molar-refractivity contribution in [1.29, 1.82) is 0 Å². The number of aliphatic hydroxyl groups is 1. The number of nitro groups is 1. The Kier molecular flexibility index (Phi) is 5.99. The largest absolute Gasteiger partial charge is 0.497 e. The number of halogens is 1. The van der Waals surface area contributed by atoms with E-state index in [-0.39, 0.29) is 17.6 Å². The molecule has 0 spiro atoms. The third-order valence-corrected chi connectivity index (χ3v) is 3.94. The number of nitrogens with zero attached hydrogens (tertiary/aromatic N) is 4. The molecular weight excluding hydrogens is 348 g/mol. The normalized spacial score (nSPS) is 13.7. The fourth-order valence-electron chi connectivity index (χ4n) is 2.68. The van der Waals surface area contributed by atoms with Crippen LogP contribution in [0.4, 0.5) is 5.82 Å². The number of benzene rings is 1. The molecule has 1 aromatic heterocycles. The molecule has 1 unspecified atom stereocenters. The molecule has 0 aliphatic heterocycles. The Morgan fingerprint density at radius 2 is 2.08 bits per heavy atom. The zero-order valence-electron chi connectivity index (χ0n) is 14.3. The number of rotatable bonds is 8. The van der Waals surface area contributed by atoms with E-state index in [1.165, 1.54) is 10.8 Å². The molecule has 1 atom stereocenters. The minimum Gasteiger partial charge on any atom is -0.497 e. The van der Waals surface area contributed by atoms with Crippen LogP contribution < -0.4 is 4.74 Å². The van der Waals surface area contributed by atoms with Gasteiger partial charge in [-0.05, 0) is 53.2 Å². The lowest BCUT2D eigenvalue weighted by molar-refractivity contribution is -0.389. The number of hydrogen-bond acceptors (Lipinski definition) is 6. The second kappa shape index (κ2) is 7.81. The van der Waals surface area contributed by atoms with Gasteiger partial charge < -0.3 is 20.0 Å². The fraction of sp³-hybridized carbons (Fsp3) is 0.438. The predicted octanol–water partition coefficient (Wildman–Crippen LogP) is 2.34. The molecule has 8 nitrogen and oxygen atoms in total. The Hall–Kier alpha value is -2.16. The SMILES string of the molecule is COc1ccc(CN(C)CC(C)(O)Cn2cc([N+](=O)[O-])nc2Cl)cc1. The van der Waals surface area contributed by atoms with E-state index in [4.69, 9.17) is 16.3 Å². The first kappa shape index (κ1) is 19.2. The van der Waals surface area contributed by atoms with Crippen LogP contribution >= 0.6 is 11.6 Å². The summed E-state index contributed by atoms with van der Waals surface area (Å²) in [5.74, 6) is 0.446. The number of imidazole rings is 1. The third-order valence-electron chi connectivity index (χ3n) is 3.64. The summed E-state index contributed by atoms with van der Waals surface area (Å²) in [4.78, 5) is 15.7. The van der Waals surface area contributed by atoms with E-state index in [1.807, 2.05) is 36.2 Å². The molecule has 0 saturated carbocycles. The van der Waals surface area contributed by atoms with Crippen molar-refractivity contribution < 1.29 is 14.8 Å². The first-order valence-electron chi connectivity index (χ1n) is 7.61. The van der Waals surface area contributed by atoms with Gasteiger partial charge in [0.25, 0.3) is 0 Å². The summed E-state index contributed by atoms with van der Waals surface area (Å²) in [6.45, 7) is 2.73. The van der Waals surface area contributed by atoms with E-state index in [1.54, 1.807) is 14.0 Å². The lowest BCUT2D eigenvalue weighted by Crippen LogP contribution is -2.42. The van der Waals surface area contributed by atoms with Gasteiger partial charge in [0.05, 0.1) is 19.3 Å². The Labute approximate surface area is 150 Å². The standard InChI is InChI=1S/C16H21ClN4O4/c1-16(22,11-20-9-14(21(23)24)18-15(20)17)10-19(2)8-12-4-6-13(25-3)7-5-12/h4-7,9,22H,8,10-11H2,1-3H3. The van der Waals surface area contributed by atoms with Gasteiger partial charge in [0, 0.05) is 13.1 Å². The van der Waals surface area contributed by atoms with Gasteiger partial charge in [0.15, 0.2) is 0 Å². The molecular formula is C16H21ClN4O4. The molecule has 0 aliphatic rings. The lowest BCUT2D eigenvalue weighted by Gasteiger charge is -2.29. The van der Waals surface area contributed by atoms with Crippen molar-refractivity contribution in [2.45, 2.75) is 25.6 Å². The molecule has 136 valence electrons. The van der Waals surface area contributed by atoms with Crippen LogP contribution in [-0.4, -0.2) is 50.8 Å². The summed E-state index contributed by atoms with van der Waals surface area (Å²) < 4.78 is 6.50. The second-order valence-electron chi connectivity index (χ2n) is 6.27. The molecule has 0 fully saturated rings. The molecule has 1 aromatic carbocycles. The predicted molar refractivity (Wildman–Crippen MR) is 93.8 cm³/mol. The second-order valence-corrected chi connectivity index (χ2v) is 6.61. The minimum atomic E-state index is -1.14. The zero-order valence-corrected chi connectivity index (χ0v) is 15.1. The number of likely N-dealkylation sites (N-methyl/N-ethyl adjacent to an activating group) is 1. The fourth-order valence-corrected chi connectivity index (χ4v) is 2.87. The molecule has 0 radical (unpaired) electrons. The molecule has 9 heteroatoms. The average Bonchev–Trinajstić information content (AvgIpc) is 2.88. The van der Waals surface area contributed by atoms with E-state index in [0.29, 0.717) is 13.1 Å². The van der Waals surface area contributed by atoms with E-state index >= 15 is 0 Å². The molecule has 2 rings (SSSR count). The Bertz CT molecular complexity index is 730. The number of aromatic nitrogens is 2. The first-order chi connectivity index (χ1) is 11.7. The summed E-state index contributed by atoms with van der Waals surface area (Å²) in [5.41, 5.74) is -0.0604.